The largest absolute Gasteiger partial charge is 0.338 e. The number of nitrogens with one attached hydrogen (secondary N) is 1. The Hall–Kier alpha value is -0.900. The quantitative estimate of drug-likeness (QED) is 0.906. The molecule has 0 saturated heterocycles. The highest BCUT2D eigenvalue weighted by atomic mass is 16.5. The summed E-state index contributed by atoms with van der Waals surface area (Å²) in [4.78, 5) is 4.55. The van der Waals surface area contributed by atoms with Gasteiger partial charge in [-0.2, -0.15) is 4.98 Å². The van der Waals surface area contributed by atoms with E-state index in [1.165, 1.54) is 25.7 Å². The maximum atomic E-state index is 5.34. The number of nitrogens with zero attached hydrogens (tertiary/aromatic N) is 2. The lowest BCUT2D eigenvalue weighted by atomic mass is 9.70. The number of hydrogen-bond donors (Lipinski definition) is 1. The van der Waals surface area contributed by atoms with Crippen molar-refractivity contribution in [3.63, 3.8) is 0 Å². The molecule has 0 bridgehead atoms. The maximum Gasteiger partial charge on any atom is 0.243 e. The van der Waals surface area contributed by atoms with Crippen molar-refractivity contribution in [1.82, 2.24) is 15.5 Å². The van der Waals surface area contributed by atoms with Crippen LogP contribution in [-0.2, 0) is 0 Å². The van der Waals surface area contributed by atoms with Gasteiger partial charge in [-0.25, -0.2) is 0 Å². The molecule has 4 heteroatoms. The van der Waals surface area contributed by atoms with Crippen molar-refractivity contribution in [3.05, 3.63) is 11.7 Å². The SMILES string of the molecule is CNC(C)c1nc(C2CCC(C(C)(C)C)CC2)no1. The molecule has 108 valence electrons. The van der Waals surface area contributed by atoms with Crippen LogP contribution in [0.5, 0.6) is 0 Å². The summed E-state index contributed by atoms with van der Waals surface area (Å²) in [6.07, 6.45) is 4.93. The van der Waals surface area contributed by atoms with E-state index in [1.807, 2.05) is 14.0 Å². The van der Waals surface area contributed by atoms with Crippen molar-refractivity contribution >= 4 is 0 Å². The summed E-state index contributed by atoms with van der Waals surface area (Å²) in [6, 6.07) is 0.132. The molecule has 1 aromatic rings. The summed E-state index contributed by atoms with van der Waals surface area (Å²) >= 11 is 0. The van der Waals surface area contributed by atoms with E-state index in [0.29, 0.717) is 17.2 Å². The molecule has 19 heavy (non-hydrogen) atoms. The molecule has 0 aliphatic heterocycles. The van der Waals surface area contributed by atoms with Crippen LogP contribution in [0.2, 0.25) is 0 Å². The molecular weight excluding hydrogens is 238 g/mol. The maximum absolute atomic E-state index is 5.34. The van der Waals surface area contributed by atoms with Gasteiger partial charge in [0.25, 0.3) is 0 Å². The summed E-state index contributed by atoms with van der Waals surface area (Å²) in [5, 5.41) is 7.30. The zero-order valence-electron chi connectivity index (χ0n) is 12.9. The first-order valence-corrected chi connectivity index (χ1v) is 7.42. The predicted octanol–water partition coefficient (Wildman–Crippen LogP) is 3.67. The van der Waals surface area contributed by atoms with Crippen molar-refractivity contribution < 1.29 is 4.52 Å². The first-order valence-electron chi connectivity index (χ1n) is 7.42. The van der Waals surface area contributed by atoms with Gasteiger partial charge in [0.15, 0.2) is 5.82 Å². The summed E-state index contributed by atoms with van der Waals surface area (Å²) in [7, 11) is 1.91. The minimum atomic E-state index is 0.132. The second-order valence-electron chi connectivity index (χ2n) is 6.92. The highest BCUT2D eigenvalue weighted by Gasteiger charge is 2.32. The van der Waals surface area contributed by atoms with Gasteiger partial charge in [0, 0.05) is 5.92 Å². The fraction of sp³-hybridized carbons (Fsp3) is 0.867. The van der Waals surface area contributed by atoms with Crippen LogP contribution in [0.25, 0.3) is 0 Å². The fourth-order valence-corrected chi connectivity index (χ4v) is 2.93. The first kappa shape index (κ1) is 14.5. The molecule has 0 spiro atoms. The molecule has 1 heterocycles. The Balaban J connectivity index is 1.96. The molecule has 2 rings (SSSR count). The monoisotopic (exact) mass is 265 g/mol. The molecule has 1 N–H and O–H groups in total. The molecule has 1 aliphatic rings. The van der Waals surface area contributed by atoms with E-state index in [4.69, 9.17) is 4.52 Å². The van der Waals surface area contributed by atoms with Crippen LogP contribution in [-0.4, -0.2) is 17.2 Å². The van der Waals surface area contributed by atoms with Crippen LogP contribution in [0.1, 0.15) is 77.1 Å². The number of rotatable bonds is 3. The second kappa shape index (κ2) is 5.61. The molecule has 0 amide bonds. The summed E-state index contributed by atoms with van der Waals surface area (Å²) in [6.45, 7) is 9.07. The Bertz CT molecular complexity index is 400. The Kier molecular flexibility index (Phi) is 4.29. The average Bonchev–Trinajstić information content (AvgIpc) is 2.86. The van der Waals surface area contributed by atoms with Crippen molar-refractivity contribution in [2.75, 3.05) is 7.05 Å². The minimum absolute atomic E-state index is 0.132. The van der Waals surface area contributed by atoms with Crippen LogP contribution in [0.3, 0.4) is 0 Å². The van der Waals surface area contributed by atoms with Gasteiger partial charge >= 0.3 is 0 Å². The smallest absolute Gasteiger partial charge is 0.243 e. The van der Waals surface area contributed by atoms with Crippen molar-refractivity contribution in [3.8, 4) is 0 Å². The van der Waals surface area contributed by atoms with Crippen molar-refractivity contribution in [2.24, 2.45) is 11.3 Å². The molecule has 4 nitrogen and oxygen atoms in total. The predicted molar refractivity (Wildman–Crippen MR) is 75.9 cm³/mol. The van der Waals surface area contributed by atoms with Gasteiger partial charge in [-0.1, -0.05) is 25.9 Å². The molecule has 0 aromatic carbocycles. The van der Waals surface area contributed by atoms with Crippen LogP contribution in [0.15, 0.2) is 4.52 Å². The highest BCUT2D eigenvalue weighted by molar-refractivity contribution is 5.00. The Morgan fingerprint density at radius 1 is 1.21 bits per heavy atom. The zero-order chi connectivity index (χ0) is 14.0. The Morgan fingerprint density at radius 3 is 2.37 bits per heavy atom. The topological polar surface area (TPSA) is 51.0 Å². The number of hydrogen-bond acceptors (Lipinski definition) is 4. The van der Waals surface area contributed by atoms with E-state index in [-0.39, 0.29) is 6.04 Å². The third-order valence-electron chi connectivity index (χ3n) is 4.58. The molecule has 1 saturated carbocycles. The van der Waals surface area contributed by atoms with E-state index in [0.717, 1.165) is 11.7 Å². The van der Waals surface area contributed by atoms with Crippen LogP contribution in [0.4, 0.5) is 0 Å². The third-order valence-corrected chi connectivity index (χ3v) is 4.58. The first-order chi connectivity index (χ1) is 8.91. The van der Waals surface area contributed by atoms with E-state index in [2.05, 4.69) is 36.2 Å². The molecule has 1 fully saturated rings. The second-order valence-corrected chi connectivity index (χ2v) is 6.92. The van der Waals surface area contributed by atoms with Crippen LogP contribution in [0, 0.1) is 11.3 Å². The lowest BCUT2D eigenvalue weighted by molar-refractivity contribution is 0.166. The van der Waals surface area contributed by atoms with E-state index >= 15 is 0 Å². The van der Waals surface area contributed by atoms with E-state index in [1.54, 1.807) is 0 Å². The van der Waals surface area contributed by atoms with Gasteiger partial charge in [0.1, 0.15) is 0 Å². The van der Waals surface area contributed by atoms with E-state index in [9.17, 15) is 0 Å². The third kappa shape index (κ3) is 3.35. The lowest BCUT2D eigenvalue weighted by Crippen LogP contribution is -2.25. The van der Waals surface area contributed by atoms with Gasteiger partial charge in [0.2, 0.25) is 5.89 Å². The van der Waals surface area contributed by atoms with Gasteiger partial charge in [-0.15, -0.1) is 0 Å². The fourth-order valence-electron chi connectivity index (χ4n) is 2.93. The zero-order valence-corrected chi connectivity index (χ0v) is 12.9. The molecule has 1 aromatic heterocycles. The normalized spacial score (nSPS) is 26.4. The van der Waals surface area contributed by atoms with Gasteiger partial charge < -0.3 is 9.84 Å². The molecule has 0 radical (unpaired) electrons. The molecule has 1 aliphatic carbocycles. The lowest BCUT2D eigenvalue weighted by Gasteiger charge is -2.36. The summed E-state index contributed by atoms with van der Waals surface area (Å²) < 4.78 is 5.34. The Morgan fingerprint density at radius 2 is 1.84 bits per heavy atom. The molecular formula is C15H27N3O. The summed E-state index contributed by atoms with van der Waals surface area (Å²) in [5.74, 6) is 2.92. The number of aromatic nitrogens is 2. The van der Waals surface area contributed by atoms with Gasteiger partial charge in [0.05, 0.1) is 6.04 Å². The van der Waals surface area contributed by atoms with Crippen LogP contribution < -0.4 is 5.32 Å². The minimum Gasteiger partial charge on any atom is -0.338 e. The van der Waals surface area contributed by atoms with E-state index < -0.39 is 0 Å². The van der Waals surface area contributed by atoms with Crippen molar-refractivity contribution in [1.29, 1.82) is 0 Å². The molecule has 1 unspecified atom stereocenters. The van der Waals surface area contributed by atoms with Crippen molar-refractivity contribution in [2.45, 2.75) is 65.3 Å². The summed E-state index contributed by atoms with van der Waals surface area (Å²) in [5.41, 5.74) is 0.425. The van der Waals surface area contributed by atoms with Gasteiger partial charge in [-0.05, 0) is 51.0 Å². The molecule has 1 atom stereocenters. The standard InChI is InChI=1S/C15H27N3O/c1-10(16-5)14-17-13(18-19-14)11-6-8-12(9-7-11)15(2,3)4/h10-12,16H,6-9H2,1-5H3. The highest BCUT2D eigenvalue weighted by Crippen LogP contribution is 2.42. The average molecular weight is 265 g/mol. The van der Waals surface area contributed by atoms with Crippen LogP contribution >= 0.6 is 0 Å². The van der Waals surface area contributed by atoms with Gasteiger partial charge in [-0.3, -0.25) is 0 Å². The Labute approximate surface area is 116 Å².